The van der Waals surface area contributed by atoms with Crippen LogP contribution in [0.5, 0.6) is 0 Å². The number of nitrogens with one attached hydrogen (secondary N) is 2. The van der Waals surface area contributed by atoms with Gasteiger partial charge in [-0.25, -0.2) is 0 Å². The number of benzene rings is 2. The Morgan fingerprint density at radius 1 is 0.926 bits per heavy atom. The molecule has 0 aliphatic rings. The van der Waals surface area contributed by atoms with Crippen molar-refractivity contribution in [1.29, 1.82) is 0 Å². The van der Waals surface area contributed by atoms with E-state index in [1.54, 1.807) is 0 Å². The van der Waals surface area contributed by atoms with Gasteiger partial charge in [-0.2, -0.15) is 0 Å². The molecule has 1 atom stereocenters. The number of amides is 2. The van der Waals surface area contributed by atoms with E-state index in [0.29, 0.717) is 12.3 Å². The van der Waals surface area contributed by atoms with Crippen molar-refractivity contribution in [3.05, 3.63) is 65.2 Å². The summed E-state index contributed by atoms with van der Waals surface area (Å²) in [5, 5.41) is 5.90. The molecule has 4 heteroatoms. The number of aryl methyl sites for hydroxylation is 1. The van der Waals surface area contributed by atoms with E-state index in [1.165, 1.54) is 12.5 Å². The highest BCUT2D eigenvalue weighted by molar-refractivity contribution is 5.88. The number of carbonyl (C=O) groups is 2. The van der Waals surface area contributed by atoms with E-state index in [1.807, 2.05) is 24.3 Å². The summed E-state index contributed by atoms with van der Waals surface area (Å²) in [6.45, 7) is 7.89. The molecule has 0 bridgehead atoms. The second-order valence-electron chi connectivity index (χ2n) is 7.34. The van der Waals surface area contributed by atoms with Crippen LogP contribution in [-0.4, -0.2) is 11.8 Å². The van der Waals surface area contributed by atoms with Gasteiger partial charge in [-0.3, -0.25) is 9.59 Å². The number of rotatable bonds is 8. The predicted octanol–water partition coefficient (Wildman–Crippen LogP) is 4.65. The lowest BCUT2D eigenvalue weighted by Crippen LogP contribution is -2.32. The van der Waals surface area contributed by atoms with Crippen molar-refractivity contribution < 1.29 is 9.59 Å². The minimum Gasteiger partial charge on any atom is -0.349 e. The van der Waals surface area contributed by atoms with E-state index in [2.05, 4.69) is 55.7 Å². The van der Waals surface area contributed by atoms with E-state index in [4.69, 9.17) is 0 Å². The van der Waals surface area contributed by atoms with Gasteiger partial charge in [0.25, 0.3) is 0 Å². The van der Waals surface area contributed by atoms with Crippen LogP contribution in [0.15, 0.2) is 48.5 Å². The lowest BCUT2D eigenvalue weighted by atomic mass is 9.94. The first-order valence-corrected chi connectivity index (χ1v) is 9.63. The molecule has 0 saturated heterocycles. The zero-order valence-corrected chi connectivity index (χ0v) is 16.7. The summed E-state index contributed by atoms with van der Waals surface area (Å²) in [7, 11) is 0. The summed E-state index contributed by atoms with van der Waals surface area (Å²) in [6, 6.07) is 15.9. The third-order valence-electron chi connectivity index (χ3n) is 4.50. The van der Waals surface area contributed by atoms with Gasteiger partial charge in [0.1, 0.15) is 0 Å². The molecule has 2 amide bonds. The Hall–Kier alpha value is -2.62. The number of hydrogen-bond acceptors (Lipinski definition) is 2. The smallest absolute Gasteiger partial charge is 0.224 e. The van der Waals surface area contributed by atoms with Gasteiger partial charge in [-0.15, -0.1) is 0 Å². The second kappa shape index (κ2) is 9.91. The molecule has 0 spiro atoms. The maximum absolute atomic E-state index is 12.6. The maximum atomic E-state index is 12.6. The van der Waals surface area contributed by atoms with Crippen molar-refractivity contribution in [2.45, 2.75) is 53.0 Å². The summed E-state index contributed by atoms with van der Waals surface area (Å²) < 4.78 is 0. The van der Waals surface area contributed by atoms with E-state index in [9.17, 15) is 9.59 Å². The van der Waals surface area contributed by atoms with Gasteiger partial charge in [-0.05, 0) is 41.2 Å². The average molecular weight is 367 g/mol. The van der Waals surface area contributed by atoms with Crippen molar-refractivity contribution in [3.63, 3.8) is 0 Å². The minimum atomic E-state index is -0.106. The van der Waals surface area contributed by atoms with Gasteiger partial charge in [0, 0.05) is 12.6 Å². The molecule has 2 N–H and O–H groups in total. The van der Waals surface area contributed by atoms with Gasteiger partial charge in [0.05, 0.1) is 12.5 Å². The van der Waals surface area contributed by atoms with Crippen LogP contribution in [0.2, 0.25) is 0 Å². The normalized spacial score (nSPS) is 11.9. The van der Waals surface area contributed by atoms with Crippen LogP contribution >= 0.6 is 0 Å². The van der Waals surface area contributed by atoms with Gasteiger partial charge < -0.3 is 10.6 Å². The summed E-state index contributed by atoms with van der Waals surface area (Å²) >= 11 is 0. The van der Waals surface area contributed by atoms with Crippen LogP contribution in [0.25, 0.3) is 0 Å². The van der Waals surface area contributed by atoms with Crippen molar-refractivity contribution >= 4 is 17.5 Å². The van der Waals surface area contributed by atoms with E-state index >= 15 is 0 Å². The molecule has 0 aromatic heterocycles. The van der Waals surface area contributed by atoms with Crippen molar-refractivity contribution in [2.24, 2.45) is 5.92 Å². The quantitative estimate of drug-likeness (QED) is 0.714. The lowest BCUT2D eigenvalue weighted by molar-refractivity contribution is -0.121. The number of anilines is 1. The highest BCUT2D eigenvalue weighted by Gasteiger charge is 2.18. The molecular formula is C23H30N2O2. The zero-order chi connectivity index (χ0) is 19.8. The first kappa shape index (κ1) is 20.7. The molecule has 2 aromatic rings. The first-order chi connectivity index (χ1) is 12.9. The highest BCUT2D eigenvalue weighted by atomic mass is 16.2. The summed E-state index contributed by atoms with van der Waals surface area (Å²) in [6.07, 6.45) is 2.52. The first-order valence-electron chi connectivity index (χ1n) is 9.63. The molecule has 4 nitrogen and oxygen atoms in total. The van der Waals surface area contributed by atoms with Crippen molar-refractivity contribution in [3.8, 4) is 0 Å². The van der Waals surface area contributed by atoms with E-state index < -0.39 is 0 Å². The molecule has 27 heavy (non-hydrogen) atoms. The lowest BCUT2D eigenvalue weighted by Gasteiger charge is -2.23. The minimum absolute atomic E-state index is 0.00129. The molecule has 0 fully saturated rings. The number of hydrogen-bond donors (Lipinski definition) is 2. The Balaban J connectivity index is 2.01. The second-order valence-corrected chi connectivity index (χ2v) is 7.34. The molecule has 144 valence electrons. The Kier molecular flexibility index (Phi) is 7.59. The monoisotopic (exact) mass is 366 g/mol. The summed E-state index contributed by atoms with van der Waals surface area (Å²) in [4.78, 5) is 23.6. The fourth-order valence-electron chi connectivity index (χ4n) is 3.13. The third-order valence-corrected chi connectivity index (χ3v) is 4.50. The molecule has 0 saturated carbocycles. The van der Waals surface area contributed by atoms with Crippen LogP contribution < -0.4 is 10.6 Å². The molecule has 0 aliphatic carbocycles. The fraction of sp³-hybridized carbons (Fsp3) is 0.391. The molecule has 0 heterocycles. The Labute approximate surface area is 162 Å². The maximum Gasteiger partial charge on any atom is 0.224 e. The largest absolute Gasteiger partial charge is 0.349 e. The van der Waals surface area contributed by atoms with Crippen LogP contribution in [0.1, 0.15) is 56.8 Å². The Bertz CT molecular complexity index is 749. The number of carbonyl (C=O) groups excluding carboxylic acids is 2. The molecule has 2 aromatic carbocycles. The average Bonchev–Trinajstić information content (AvgIpc) is 2.62. The van der Waals surface area contributed by atoms with Crippen LogP contribution in [0.3, 0.4) is 0 Å². The topological polar surface area (TPSA) is 58.2 Å². The Morgan fingerprint density at radius 2 is 1.52 bits per heavy atom. The molecule has 2 rings (SSSR count). The third kappa shape index (κ3) is 6.55. The summed E-state index contributed by atoms with van der Waals surface area (Å²) in [5.41, 5.74) is 4.12. The zero-order valence-electron chi connectivity index (χ0n) is 16.7. The Morgan fingerprint density at radius 3 is 2.04 bits per heavy atom. The van der Waals surface area contributed by atoms with E-state index in [-0.39, 0.29) is 17.9 Å². The van der Waals surface area contributed by atoms with Crippen LogP contribution in [0, 0.1) is 5.92 Å². The molecule has 0 aliphatic heterocycles. The van der Waals surface area contributed by atoms with Crippen LogP contribution in [0.4, 0.5) is 5.69 Å². The SMILES string of the molecule is CCCc1ccc(C(NC(=O)Cc2ccc(NC(C)=O)cc2)C(C)C)cc1. The molecular weight excluding hydrogens is 336 g/mol. The summed E-state index contributed by atoms with van der Waals surface area (Å²) in [5.74, 6) is 0.192. The van der Waals surface area contributed by atoms with Gasteiger partial charge >= 0.3 is 0 Å². The molecule has 1 unspecified atom stereocenters. The van der Waals surface area contributed by atoms with E-state index in [0.717, 1.165) is 29.7 Å². The van der Waals surface area contributed by atoms with Gasteiger partial charge in [-0.1, -0.05) is 63.6 Å². The van der Waals surface area contributed by atoms with Crippen LogP contribution in [-0.2, 0) is 22.4 Å². The van der Waals surface area contributed by atoms with Crippen molar-refractivity contribution in [1.82, 2.24) is 5.32 Å². The highest BCUT2D eigenvalue weighted by Crippen LogP contribution is 2.23. The standard InChI is InChI=1S/C23H30N2O2/c1-5-6-18-7-11-20(12-8-18)23(16(2)3)25-22(27)15-19-9-13-21(14-10-19)24-17(4)26/h7-14,16,23H,5-6,15H2,1-4H3,(H,24,26)(H,25,27). The fourth-order valence-corrected chi connectivity index (χ4v) is 3.13. The predicted molar refractivity (Wildman–Crippen MR) is 111 cm³/mol. The van der Waals surface area contributed by atoms with Crippen molar-refractivity contribution in [2.75, 3.05) is 5.32 Å². The van der Waals surface area contributed by atoms with Gasteiger partial charge in [0.2, 0.25) is 11.8 Å². The molecule has 0 radical (unpaired) electrons. The van der Waals surface area contributed by atoms with Gasteiger partial charge in [0.15, 0.2) is 0 Å².